The molecule has 0 bridgehead atoms. The Morgan fingerprint density at radius 1 is 0.900 bits per heavy atom. The van der Waals surface area contributed by atoms with E-state index in [4.69, 9.17) is 26.6 Å². The van der Waals surface area contributed by atoms with E-state index < -0.39 is 22.7 Å². The Labute approximate surface area is 77.5 Å². The van der Waals surface area contributed by atoms with Gasteiger partial charge in [0.25, 0.3) is 0 Å². The fourth-order valence-electron chi connectivity index (χ4n) is 0. The summed E-state index contributed by atoms with van der Waals surface area (Å²) in [6, 6.07) is 0. The van der Waals surface area contributed by atoms with Gasteiger partial charge < -0.3 is 23.7 Å². The van der Waals surface area contributed by atoms with Crippen molar-refractivity contribution in [2.75, 3.05) is 0 Å². The Kier molecular flexibility index (Phi) is 36.8. The molecule has 0 heterocycles. The van der Waals surface area contributed by atoms with Crippen molar-refractivity contribution < 1.29 is 54.6 Å². The summed E-state index contributed by atoms with van der Waals surface area (Å²) in [6.07, 6.45) is 0. The number of hydrogen-bond acceptors (Lipinski definition) is 7. The molecule has 0 spiro atoms. The van der Waals surface area contributed by atoms with E-state index >= 15 is 0 Å². The topological polar surface area (TPSA) is 156 Å². The van der Waals surface area contributed by atoms with Crippen LogP contribution in [0.2, 0.25) is 0 Å². The molecule has 0 saturated heterocycles. The molecule has 0 fully saturated rings. The third-order valence-electron chi connectivity index (χ3n) is 0. The fourth-order valence-corrected chi connectivity index (χ4v) is 0. The predicted molar refractivity (Wildman–Crippen MR) is 22.4 cm³/mol. The molecule has 0 aliphatic heterocycles. The predicted octanol–water partition coefficient (Wildman–Crippen LogP) is -2.07. The van der Waals surface area contributed by atoms with E-state index in [1.165, 1.54) is 0 Å². The molecule has 68 valence electrons. The Balaban J connectivity index is -0.0000000171. The third-order valence-corrected chi connectivity index (χ3v) is 0. The van der Waals surface area contributed by atoms with Gasteiger partial charge in [0.2, 0.25) is 0 Å². The second-order valence-electron chi connectivity index (χ2n) is 0.408. The summed E-state index contributed by atoms with van der Waals surface area (Å²) in [5.41, 5.74) is 0. The summed E-state index contributed by atoms with van der Waals surface area (Å²) < 4.78 is 50.7. The van der Waals surface area contributed by atoms with E-state index in [9.17, 15) is 0 Å². The molecule has 0 aliphatic rings. The summed E-state index contributed by atoms with van der Waals surface area (Å²) in [5.74, 6) is 0. The van der Waals surface area contributed by atoms with Gasteiger partial charge in [-0.2, -0.15) is 0 Å². The minimum Gasteiger partial charge on any atom is -0.870 e. The molecule has 0 aromatic carbocycles. The third kappa shape index (κ3) is 858. The molecule has 0 unspecified atom stereocenters. The monoisotopic (exact) mass is 373 g/mol. The standard InChI is InChI=1S/2H2O3S.H2O.Pt/c2*1-4(2)3;;/h2*(H2,1,2,3);1H2;/q;;;+2/p-4. The number of hydrogen-bond donors (Lipinski definition) is 0. The summed E-state index contributed by atoms with van der Waals surface area (Å²) >= 11 is -6.22. The van der Waals surface area contributed by atoms with Crippen molar-refractivity contribution in [3.63, 3.8) is 0 Å². The van der Waals surface area contributed by atoms with Gasteiger partial charge in [0, 0.05) is 0 Å². The van der Waals surface area contributed by atoms with Crippen molar-refractivity contribution >= 4 is 22.7 Å². The average molecular weight is 373 g/mol. The Morgan fingerprint density at radius 3 is 0.900 bits per heavy atom. The molecule has 0 saturated carbocycles. The minimum atomic E-state index is -3.11. The quantitative estimate of drug-likeness (QED) is 0.441. The second kappa shape index (κ2) is 16.4. The second-order valence-corrected chi connectivity index (χ2v) is 1.22. The first kappa shape index (κ1) is 22.4. The van der Waals surface area contributed by atoms with Crippen molar-refractivity contribution in [2.24, 2.45) is 0 Å². The van der Waals surface area contributed by atoms with Crippen molar-refractivity contribution in [1.29, 1.82) is 0 Å². The van der Waals surface area contributed by atoms with Gasteiger partial charge in [-0.1, -0.05) is 0 Å². The van der Waals surface area contributed by atoms with E-state index in [2.05, 4.69) is 0 Å². The van der Waals surface area contributed by atoms with Gasteiger partial charge in [0.15, 0.2) is 0 Å². The van der Waals surface area contributed by atoms with Gasteiger partial charge in [0.05, 0.1) is 0 Å². The molecule has 10 heteroatoms. The molecule has 0 radical (unpaired) electrons. The Bertz CT molecular complexity index is 74.4. The van der Waals surface area contributed by atoms with Gasteiger partial charge >= 0.3 is 22.5 Å². The van der Waals surface area contributed by atoms with Gasteiger partial charge in [-0.3, -0.25) is 8.42 Å². The van der Waals surface area contributed by atoms with Gasteiger partial charge in [-0.05, 0) is 0 Å². The van der Waals surface area contributed by atoms with Crippen molar-refractivity contribution in [1.82, 2.24) is 0 Å². The van der Waals surface area contributed by atoms with Crippen molar-refractivity contribution in [3.05, 3.63) is 0 Å². The molecule has 0 rings (SSSR count). The summed E-state index contributed by atoms with van der Waals surface area (Å²) in [7, 11) is 0. The Hall–Kier alpha value is 0.788. The molecule has 0 aliphatic carbocycles. The fraction of sp³-hybridized carbons (Fsp3) is 0. The van der Waals surface area contributed by atoms with Gasteiger partial charge in [0.1, 0.15) is 0 Å². The largest absolute Gasteiger partial charge is 2.00 e. The van der Waals surface area contributed by atoms with Crippen LogP contribution in [0.3, 0.4) is 0 Å². The number of rotatable bonds is 0. The molecule has 0 aromatic rings. The van der Waals surface area contributed by atoms with Crippen molar-refractivity contribution in [3.8, 4) is 0 Å². The molecule has 0 atom stereocenters. The van der Waals surface area contributed by atoms with Crippen LogP contribution in [0.1, 0.15) is 1.43 Å². The maximum Gasteiger partial charge on any atom is 2.00 e. The molecule has 0 amide bonds. The van der Waals surface area contributed by atoms with Crippen LogP contribution in [-0.4, -0.2) is 32.1 Å². The van der Waals surface area contributed by atoms with E-state index in [1.54, 1.807) is 0 Å². The molecular weight excluding hydrogens is 371 g/mol. The van der Waals surface area contributed by atoms with Crippen LogP contribution in [0.25, 0.3) is 0 Å². The van der Waals surface area contributed by atoms with Crippen LogP contribution in [-0.2, 0) is 43.8 Å². The first-order valence-corrected chi connectivity index (χ1v) is 3.00. The normalized spacial score (nSPS) is 7.00. The molecule has 1 N–H and O–H groups in total. The first-order chi connectivity index (χ1) is 3.46. The SMILES string of the molecule is O=S([O-])[O-].O=S([O-])[O-].[H+].[OH-].[Pt+2]. The van der Waals surface area contributed by atoms with E-state index in [0.29, 0.717) is 0 Å². The summed E-state index contributed by atoms with van der Waals surface area (Å²) in [6.45, 7) is 0. The maximum atomic E-state index is 8.44. The molecule has 0 aromatic heterocycles. The van der Waals surface area contributed by atoms with E-state index in [-0.39, 0.29) is 28.0 Å². The Morgan fingerprint density at radius 2 is 0.900 bits per heavy atom. The van der Waals surface area contributed by atoms with Crippen LogP contribution < -0.4 is 0 Å². The molecule has 7 nitrogen and oxygen atoms in total. The average Bonchev–Trinajstić information content (AvgIpc) is 1.25. The van der Waals surface area contributed by atoms with Crippen LogP contribution >= 0.6 is 0 Å². The van der Waals surface area contributed by atoms with Crippen LogP contribution in [0.4, 0.5) is 0 Å². The van der Waals surface area contributed by atoms with Gasteiger partial charge in [-0.15, -0.1) is 22.7 Å². The van der Waals surface area contributed by atoms with Crippen LogP contribution in [0.15, 0.2) is 0 Å². The zero-order chi connectivity index (χ0) is 7.15. The van der Waals surface area contributed by atoms with Crippen molar-refractivity contribution in [2.45, 2.75) is 0 Å². The molecule has 10 heavy (non-hydrogen) atoms. The van der Waals surface area contributed by atoms with E-state index in [0.717, 1.165) is 0 Å². The van der Waals surface area contributed by atoms with Crippen LogP contribution in [0.5, 0.6) is 0 Å². The molecular formula is H2O7PtS2-2. The smallest absolute Gasteiger partial charge is 0.870 e. The van der Waals surface area contributed by atoms with E-state index in [1.807, 2.05) is 0 Å². The summed E-state index contributed by atoms with van der Waals surface area (Å²) in [5, 5.41) is 0. The van der Waals surface area contributed by atoms with Gasteiger partial charge in [-0.25, -0.2) is 0 Å². The zero-order valence-corrected chi connectivity index (χ0v) is 7.93. The first-order valence-electron chi connectivity index (χ1n) is 1.00. The minimum absolute atomic E-state index is 0. The zero-order valence-electron chi connectivity index (χ0n) is 5.03. The maximum absolute atomic E-state index is 8.44. The van der Waals surface area contributed by atoms with Crippen LogP contribution in [0, 0.1) is 0 Å². The summed E-state index contributed by atoms with van der Waals surface area (Å²) in [4.78, 5) is 0.